The van der Waals surface area contributed by atoms with Gasteiger partial charge in [-0.3, -0.25) is 0 Å². The molecule has 0 saturated carbocycles. The van der Waals surface area contributed by atoms with E-state index in [0.717, 1.165) is 12.3 Å². The smallest absolute Gasteiger partial charge is 0.127 e. The van der Waals surface area contributed by atoms with Gasteiger partial charge >= 0.3 is 0 Å². The SMILES string of the molecule is COc1ccc(C[NH+]2CC[NH+](C)CC2)c2ccccc12. The molecule has 0 aromatic heterocycles. The van der Waals surface area contributed by atoms with Gasteiger partial charge in [0.2, 0.25) is 0 Å². The Kier molecular flexibility index (Phi) is 3.90. The second-order valence-electron chi connectivity index (χ2n) is 5.86. The Hall–Kier alpha value is -1.58. The van der Waals surface area contributed by atoms with Gasteiger partial charge < -0.3 is 14.5 Å². The number of hydrogen-bond acceptors (Lipinski definition) is 1. The molecule has 0 atom stereocenters. The summed E-state index contributed by atoms with van der Waals surface area (Å²) in [5, 5.41) is 2.57. The van der Waals surface area contributed by atoms with Gasteiger partial charge in [0, 0.05) is 10.9 Å². The topological polar surface area (TPSA) is 18.1 Å². The summed E-state index contributed by atoms with van der Waals surface area (Å²) in [6, 6.07) is 12.9. The number of benzene rings is 2. The van der Waals surface area contributed by atoms with Crippen molar-refractivity contribution in [3.8, 4) is 5.75 Å². The summed E-state index contributed by atoms with van der Waals surface area (Å²) in [5.74, 6) is 0.974. The van der Waals surface area contributed by atoms with E-state index in [9.17, 15) is 0 Å². The van der Waals surface area contributed by atoms with Crippen molar-refractivity contribution in [3.63, 3.8) is 0 Å². The van der Waals surface area contributed by atoms with E-state index in [4.69, 9.17) is 4.74 Å². The molecule has 1 aliphatic rings. The van der Waals surface area contributed by atoms with Gasteiger partial charge in [-0.15, -0.1) is 0 Å². The van der Waals surface area contributed by atoms with Crippen molar-refractivity contribution >= 4 is 10.8 Å². The van der Waals surface area contributed by atoms with Gasteiger partial charge in [0.25, 0.3) is 0 Å². The molecule has 0 radical (unpaired) electrons. The summed E-state index contributed by atoms with van der Waals surface area (Å²) >= 11 is 0. The molecule has 2 aromatic carbocycles. The van der Waals surface area contributed by atoms with E-state index in [1.165, 1.54) is 42.5 Å². The van der Waals surface area contributed by atoms with Gasteiger partial charge in [0.15, 0.2) is 0 Å². The summed E-state index contributed by atoms with van der Waals surface area (Å²) in [6.07, 6.45) is 0. The highest BCUT2D eigenvalue weighted by Gasteiger charge is 2.20. The monoisotopic (exact) mass is 272 g/mol. The zero-order chi connectivity index (χ0) is 13.9. The third-order valence-electron chi connectivity index (χ3n) is 4.45. The van der Waals surface area contributed by atoms with E-state index >= 15 is 0 Å². The number of nitrogens with one attached hydrogen (secondary N) is 2. The maximum Gasteiger partial charge on any atom is 0.127 e. The second-order valence-corrected chi connectivity index (χ2v) is 5.86. The van der Waals surface area contributed by atoms with Crippen molar-refractivity contribution < 1.29 is 14.5 Å². The van der Waals surface area contributed by atoms with Crippen molar-refractivity contribution in [1.82, 2.24) is 0 Å². The Bertz CT molecular complexity index is 589. The lowest BCUT2D eigenvalue weighted by Gasteiger charge is -2.27. The van der Waals surface area contributed by atoms with Crippen molar-refractivity contribution in [2.75, 3.05) is 40.3 Å². The average molecular weight is 272 g/mol. The minimum atomic E-state index is 0.974. The van der Waals surface area contributed by atoms with Crippen LogP contribution in [0, 0.1) is 0 Å². The van der Waals surface area contributed by atoms with Crippen molar-refractivity contribution in [2.24, 2.45) is 0 Å². The molecule has 0 spiro atoms. The zero-order valence-electron chi connectivity index (χ0n) is 12.4. The third kappa shape index (κ3) is 2.65. The molecule has 20 heavy (non-hydrogen) atoms. The van der Waals surface area contributed by atoms with Crippen LogP contribution in [0.25, 0.3) is 10.8 Å². The van der Waals surface area contributed by atoms with E-state index in [2.05, 4.69) is 43.4 Å². The minimum absolute atomic E-state index is 0.974. The average Bonchev–Trinajstić information content (AvgIpc) is 2.50. The summed E-state index contributed by atoms with van der Waals surface area (Å²) in [5.41, 5.74) is 1.44. The maximum atomic E-state index is 5.48. The predicted molar refractivity (Wildman–Crippen MR) is 81.5 cm³/mol. The van der Waals surface area contributed by atoms with E-state index in [1.807, 2.05) is 0 Å². The molecule has 0 amide bonds. The molecule has 106 valence electrons. The molecule has 3 nitrogen and oxygen atoms in total. The molecule has 1 aliphatic heterocycles. The number of fused-ring (bicyclic) bond motifs is 1. The largest absolute Gasteiger partial charge is 0.496 e. The number of piperazine rings is 1. The van der Waals surface area contributed by atoms with Gasteiger partial charge in [-0.1, -0.05) is 24.3 Å². The number of hydrogen-bond donors (Lipinski definition) is 2. The molecule has 0 unspecified atom stereocenters. The fourth-order valence-corrected chi connectivity index (χ4v) is 3.14. The lowest BCUT2D eigenvalue weighted by molar-refractivity contribution is -1.01. The van der Waals surface area contributed by atoms with Crippen LogP contribution in [0.3, 0.4) is 0 Å². The predicted octanol–water partition coefficient (Wildman–Crippen LogP) is -0.238. The quantitative estimate of drug-likeness (QED) is 0.789. The van der Waals surface area contributed by atoms with E-state index in [1.54, 1.807) is 16.9 Å². The summed E-state index contributed by atoms with van der Waals surface area (Å²) in [7, 11) is 4.04. The highest BCUT2D eigenvalue weighted by atomic mass is 16.5. The summed E-state index contributed by atoms with van der Waals surface area (Å²) in [4.78, 5) is 3.36. The van der Waals surface area contributed by atoms with Crippen LogP contribution in [0.5, 0.6) is 5.75 Å². The van der Waals surface area contributed by atoms with Crippen LogP contribution in [0.4, 0.5) is 0 Å². The molecule has 2 N–H and O–H groups in total. The number of ether oxygens (including phenoxy) is 1. The molecule has 3 heteroatoms. The van der Waals surface area contributed by atoms with Gasteiger partial charge in [-0.05, 0) is 17.5 Å². The van der Waals surface area contributed by atoms with E-state index in [0.29, 0.717) is 0 Å². The number of likely N-dealkylation sites (N-methyl/N-ethyl adjacent to an activating group) is 1. The van der Waals surface area contributed by atoms with E-state index < -0.39 is 0 Å². The van der Waals surface area contributed by atoms with Crippen LogP contribution < -0.4 is 14.5 Å². The van der Waals surface area contributed by atoms with Crippen molar-refractivity contribution in [3.05, 3.63) is 42.0 Å². The van der Waals surface area contributed by atoms with Gasteiger partial charge in [-0.25, -0.2) is 0 Å². The lowest BCUT2D eigenvalue weighted by atomic mass is 10.0. The summed E-state index contributed by atoms with van der Waals surface area (Å²) < 4.78 is 5.48. The van der Waals surface area contributed by atoms with Gasteiger partial charge in [-0.2, -0.15) is 0 Å². The molecule has 1 fully saturated rings. The van der Waals surface area contributed by atoms with Crippen LogP contribution in [0.1, 0.15) is 5.56 Å². The third-order valence-corrected chi connectivity index (χ3v) is 4.45. The molecule has 1 heterocycles. The Morgan fingerprint density at radius 3 is 2.35 bits per heavy atom. The first-order valence-electron chi connectivity index (χ1n) is 7.47. The number of methoxy groups -OCH3 is 1. The van der Waals surface area contributed by atoms with Crippen LogP contribution in [-0.2, 0) is 6.54 Å². The molecule has 3 rings (SSSR count). The van der Waals surface area contributed by atoms with Crippen molar-refractivity contribution in [1.29, 1.82) is 0 Å². The standard InChI is InChI=1S/C17H22N2O/c1-18-9-11-19(12-10-18)13-14-7-8-17(20-2)16-6-4-3-5-15(14)16/h3-8H,9-13H2,1-2H3/p+2. The molecular formula is C17H24N2O+2. The number of rotatable bonds is 3. The fraction of sp³-hybridized carbons (Fsp3) is 0.412. The molecule has 2 aromatic rings. The maximum absolute atomic E-state index is 5.48. The normalized spacial score (nSPS) is 22.9. The van der Waals surface area contributed by atoms with Gasteiger partial charge in [0.1, 0.15) is 38.5 Å². The van der Waals surface area contributed by atoms with E-state index in [-0.39, 0.29) is 0 Å². The van der Waals surface area contributed by atoms with Crippen molar-refractivity contribution in [2.45, 2.75) is 6.54 Å². The molecule has 0 aliphatic carbocycles. The number of quaternary nitrogens is 2. The lowest BCUT2D eigenvalue weighted by Crippen LogP contribution is -3.26. The highest BCUT2D eigenvalue weighted by molar-refractivity contribution is 5.90. The van der Waals surface area contributed by atoms with Gasteiger partial charge in [0.05, 0.1) is 14.2 Å². The molecular weight excluding hydrogens is 248 g/mol. The van der Waals surface area contributed by atoms with Crippen LogP contribution in [0.15, 0.2) is 36.4 Å². The highest BCUT2D eigenvalue weighted by Crippen LogP contribution is 2.27. The first kappa shape index (κ1) is 13.4. The second kappa shape index (κ2) is 5.81. The first-order valence-corrected chi connectivity index (χ1v) is 7.47. The fourth-order valence-electron chi connectivity index (χ4n) is 3.14. The Morgan fingerprint density at radius 2 is 1.65 bits per heavy atom. The first-order chi connectivity index (χ1) is 9.78. The molecule has 1 saturated heterocycles. The summed E-state index contributed by atoms with van der Waals surface area (Å²) in [6.45, 7) is 6.23. The van der Waals surface area contributed by atoms with Crippen LogP contribution in [-0.4, -0.2) is 40.3 Å². The minimum Gasteiger partial charge on any atom is -0.496 e. The van der Waals surface area contributed by atoms with Crippen LogP contribution >= 0.6 is 0 Å². The Morgan fingerprint density at radius 1 is 0.950 bits per heavy atom. The molecule has 0 bridgehead atoms. The Balaban J connectivity index is 1.88. The Labute approximate surface area is 120 Å². The van der Waals surface area contributed by atoms with Crippen LogP contribution in [0.2, 0.25) is 0 Å². The zero-order valence-corrected chi connectivity index (χ0v) is 12.4.